The minimum Gasteiger partial charge on any atom is -0.316 e. The SMILES string of the molecule is CCNCC(C)(C)CCc1csc2ccccc12. The molecule has 1 aromatic carbocycles. The van der Waals surface area contributed by atoms with Crippen LogP contribution in [0.5, 0.6) is 0 Å². The van der Waals surface area contributed by atoms with Gasteiger partial charge in [-0.25, -0.2) is 0 Å². The fourth-order valence-electron chi connectivity index (χ4n) is 2.25. The zero-order valence-corrected chi connectivity index (χ0v) is 12.4. The number of rotatable bonds is 6. The van der Waals surface area contributed by atoms with Crippen LogP contribution >= 0.6 is 11.3 Å². The number of thiophene rings is 1. The molecule has 98 valence electrons. The van der Waals surface area contributed by atoms with Crippen molar-refractivity contribution in [3.8, 4) is 0 Å². The molecule has 0 saturated heterocycles. The summed E-state index contributed by atoms with van der Waals surface area (Å²) in [6.45, 7) is 9.04. The minimum absolute atomic E-state index is 0.374. The molecule has 1 nitrogen and oxygen atoms in total. The molecule has 0 spiro atoms. The highest BCUT2D eigenvalue weighted by Gasteiger charge is 2.17. The lowest BCUT2D eigenvalue weighted by Crippen LogP contribution is -2.29. The van der Waals surface area contributed by atoms with Gasteiger partial charge in [0, 0.05) is 11.2 Å². The molecule has 18 heavy (non-hydrogen) atoms. The molecule has 2 heteroatoms. The van der Waals surface area contributed by atoms with E-state index in [1.54, 1.807) is 0 Å². The average molecular weight is 261 g/mol. The van der Waals surface area contributed by atoms with E-state index in [1.165, 1.54) is 28.5 Å². The molecule has 0 saturated carbocycles. The van der Waals surface area contributed by atoms with Crippen molar-refractivity contribution in [3.63, 3.8) is 0 Å². The Balaban J connectivity index is 2.01. The Kier molecular flexibility index (Phi) is 4.41. The number of hydrogen-bond acceptors (Lipinski definition) is 2. The number of aryl methyl sites for hydroxylation is 1. The summed E-state index contributed by atoms with van der Waals surface area (Å²) in [5.41, 5.74) is 1.89. The predicted octanol–water partition coefficient (Wildman–Crippen LogP) is 4.47. The second-order valence-electron chi connectivity index (χ2n) is 5.70. The predicted molar refractivity (Wildman–Crippen MR) is 82.5 cm³/mol. The molecule has 0 unspecified atom stereocenters. The maximum Gasteiger partial charge on any atom is 0.0345 e. The molecule has 0 aliphatic carbocycles. The van der Waals surface area contributed by atoms with Crippen LogP contribution in [0.15, 0.2) is 29.6 Å². The second-order valence-corrected chi connectivity index (χ2v) is 6.61. The van der Waals surface area contributed by atoms with Crippen LogP contribution in [0.25, 0.3) is 10.1 Å². The Hall–Kier alpha value is -0.860. The summed E-state index contributed by atoms with van der Waals surface area (Å²) in [6.07, 6.45) is 2.42. The van der Waals surface area contributed by atoms with Crippen molar-refractivity contribution < 1.29 is 0 Å². The summed E-state index contributed by atoms with van der Waals surface area (Å²) < 4.78 is 1.41. The highest BCUT2D eigenvalue weighted by molar-refractivity contribution is 7.17. The summed E-state index contributed by atoms with van der Waals surface area (Å²) in [4.78, 5) is 0. The molecule has 0 radical (unpaired) electrons. The third-order valence-electron chi connectivity index (χ3n) is 3.49. The number of nitrogens with one attached hydrogen (secondary N) is 1. The fourth-order valence-corrected chi connectivity index (χ4v) is 3.25. The van der Waals surface area contributed by atoms with Gasteiger partial charge in [0.05, 0.1) is 0 Å². The second kappa shape index (κ2) is 5.85. The molecule has 2 rings (SSSR count). The topological polar surface area (TPSA) is 12.0 Å². The van der Waals surface area contributed by atoms with Crippen LogP contribution in [0.1, 0.15) is 32.8 Å². The molecule has 0 aliphatic heterocycles. The third kappa shape index (κ3) is 3.33. The molecule has 0 atom stereocenters. The van der Waals surface area contributed by atoms with Gasteiger partial charge in [0.1, 0.15) is 0 Å². The van der Waals surface area contributed by atoms with Gasteiger partial charge < -0.3 is 5.32 Å². The van der Waals surface area contributed by atoms with Crippen molar-refractivity contribution in [1.29, 1.82) is 0 Å². The highest BCUT2D eigenvalue weighted by atomic mass is 32.1. The summed E-state index contributed by atoms with van der Waals surface area (Å²) in [7, 11) is 0. The van der Waals surface area contributed by atoms with Crippen LogP contribution in [-0.2, 0) is 6.42 Å². The van der Waals surface area contributed by atoms with E-state index in [4.69, 9.17) is 0 Å². The van der Waals surface area contributed by atoms with Gasteiger partial charge in [-0.2, -0.15) is 0 Å². The Labute approximate surface area is 114 Å². The Morgan fingerprint density at radius 1 is 1.22 bits per heavy atom. The van der Waals surface area contributed by atoms with Crippen LogP contribution in [0.2, 0.25) is 0 Å². The van der Waals surface area contributed by atoms with E-state index in [2.05, 4.69) is 55.7 Å². The van der Waals surface area contributed by atoms with Crippen LogP contribution in [0, 0.1) is 5.41 Å². The van der Waals surface area contributed by atoms with E-state index in [1.807, 2.05) is 11.3 Å². The molecule has 0 bridgehead atoms. The lowest BCUT2D eigenvalue weighted by Gasteiger charge is -2.24. The molecule has 1 N–H and O–H groups in total. The first kappa shape index (κ1) is 13.6. The van der Waals surface area contributed by atoms with Crippen molar-refractivity contribution in [1.82, 2.24) is 5.32 Å². The van der Waals surface area contributed by atoms with Crippen molar-refractivity contribution in [2.24, 2.45) is 5.41 Å². The van der Waals surface area contributed by atoms with E-state index in [0.717, 1.165) is 13.1 Å². The zero-order chi connectivity index (χ0) is 13.0. The maximum atomic E-state index is 3.46. The molecule has 0 amide bonds. The number of benzene rings is 1. The largest absolute Gasteiger partial charge is 0.316 e. The molecule has 2 aromatic rings. The highest BCUT2D eigenvalue weighted by Crippen LogP contribution is 2.29. The number of fused-ring (bicyclic) bond motifs is 1. The standard InChI is InChI=1S/C16H23NS/c1-4-17-12-16(2,3)10-9-13-11-18-15-8-6-5-7-14(13)15/h5-8,11,17H,4,9-10,12H2,1-3H3. The Bertz CT molecular complexity index is 499. The lowest BCUT2D eigenvalue weighted by molar-refractivity contribution is 0.318. The molecule has 1 heterocycles. The van der Waals surface area contributed by atoms with Gasteiger partial charge in [0.15, 0.2) is 0 Å². The van der Waals surface area contributed by atoms with E-state index < -0.39 is 0 Å². The van der Waals surface area contributed by atoms with Gasteiger partial charge in [0.2, 0.25) is 0 Å². The van der Waals surface area contributed by atoms with E-state index in [-0.39, 0.29) is 0 Å². The van der Waals surface area contributed by atoms with Crippen LogP contribution in [-0.4, -0.2) is 13.1 Å². The van der Waals surface area contributed by atoms with Crippen molar-refractivity contribution in [2.75, 3.05) is 13.1 Å². The average Bonchev–Trinajstić information content (AvgIpc) is 2.78. The first-order chi connectivity index (χ1) is 8.62. The van der Waals surface area contributed by atoms with Crippen LogP contribution in [0.3, 0.4) is 0 Å². The van der Waals surface area contributed by atoms with Gasteiger partial charge in [-0.15, -0.1) is 11.3 Å². The first-order valence-electron chi connectivity index (χ1n) is 6.78. The van der Waals surface area contributed by atoms with Crippen molar-refractivity contribution >= 4 is 21.4 Å². The van der Waals surface area contributed by atoms with Gasteiger partial charge in [0.25, 0.3) is 0 Å². The van der Waals surface area contributed by atoms with Crippen LogP contribution in [0.4, 0.5) is 0 Å². The summed E-state index contributed by atoms with van der Waals surface area (Å²) in [5, 5.41) is 7.23. The Morgan fingerprint density at radius 3 is 2.78 bits per heavy atom. The number of hydrogen-bond donors (Lipinski definition) is 1. The maximum absolute atomic E-state index is 3.46. The van der Waals surface area contributed by atoms with Gasteiger partial charge in [-0.05, 0) is 47.2 Å². The van der Waals surface area contributed by atoms with Crippen LogP contribution < -0.4 is 5.32 Å². The summed E-state index contributed by atoms with van der Waals surface area (Å²) in [6, 6.07) is 8.73. The van der Waals surface area contributed by atoms with E-state index in [0.29, 0.717) is 5.41 Å². The fraction of sp³-hybridized carbons (Fsp3) is 0.500. The summed E-state index contributed by atoms with van der Waals surface area (Å²) >= 11 is 1.87. The van der Waals surface area contributed by atoms with Crippen molar-refractivity contribution in [3.05, 3.63) is 35.2 Å². The smallest absolute Gasteiger partial charge is 0.0345 e. The molecular weight excluding hydrogens is 238 g/mol. The lowest BCUT2D eigenvalue weighted by atomic mass is 9.86. The third-order valence-corrected chi connectivity index (χ3v) is 4.50. The Morgan fingerprint density at radius 2 is 2.00 bits per heavy atom. The normalized spacial score (nSPS) is 12.2. The zero-order valence-electron chi connectivity index (χ0n) is 11.6. The minimum atomic E-state index is 0.374. The van der Waals surface area contributed by atoms with E-state index >= 15 is 0 Å². The van der Waals surface area contributed by atoms with Gasteiger partial charge in [-0.1, -0.05) is 39.0 Å². The van der Waals surface area contributed by atoms with Gasteiger partial charge >= 0.3 is 0 Å². The summed E-state index contributed by atoms with van der Waals surface area (Å²) in [5.74, 6) is 0. The first-order valence-corrected chi connectivity index (χ1v) is 7.66. The molecule has 0 fully saturated rings. The molecule has 1 aromatic heterocycles. The molecular formula is C16H23NS. The van der Waals surface area contributed by atoms with Gasteiger partial charge in [-0.3, -0.25) is 0 Å². The van der Waals surface area contributed by atoms with Crippen molar-refractivity contribution in [2.45, 2.75) is 33.6 Å². The molecule has 0 aliphatic rings. The van der Waals surface area contributed by atoms with E-state index in [9.17, 15) is 0 Å². The quantitative estimate of drug-likeness (QED) is 0.809. The monoisotopic (exact) mass is 261 g/mol.